The van der Waals surface area contributed by atoms with Gasteiger partial charge < -0.3 is 4.57 Å². The van der Waals surface area contributed by atoms with Crippen molar-refractivity contribution in [1.29, 1.82) is 0 Å². The summed E-state index contributed by atoms with van der Waals surface area (Å²) in [6.45, 7) is 0.580. The van der Waals surface area contributed by atoms with E-state index in [4.69, 9.17) is 16.6 Å². The summed E-state index contributed by atoms with van der Waals surface area (Å²) in [4.78, 5) is 30.0. The van der Waals surface area contributed by atoms with E-state index >= 15 is 0 Å². The smallest absolute Gasteiger partial charge is 0.262 e. The predicted octanol–water partition coefficient (Wildman–Crippen LogP) is 3.92. The minimum atomic E-state index is -0.0385. The maximum absolute atomic E-state index is 12.6. The lowest BCUT2D eigenvalue weighted by atomic mass is 10.0. The van der Waals surface area contributed by atoms with Crippen LogP contribution in [0.25, 0.3) is 5.78 Å². The molecule has 0 unspecified atom stereocenters. The van der Waals surface area contributed by atoms with Gasteiger partial charge in [0.15, 0.2) is 5.78 Å². The highest BCUT2D eigenvalue weighted by Gasteiger charge is 2.19. The zero-order chi connectivity index (χ0) is 20.0. The minimum absolute atomic E-state index is 0.0385. The van der Waals surface area contributed by atoms with E-state index < -0.39 is 0 Å². The first-order valence-electron chi connectivity index (χ1n) is 9.58. The van der Waals surface area contributed by atoms with Crippen LogP contribution in [0.15, 0.2) is 65.7 Å². The number of hydrogen-bond donors (Lipinski definition) is 0. The van der Waals surface area contributed by atoms with Gasteiger partial charge in [0.1, 0.15) is 0 Å². The summed E-state index contributed by atoms with van der Waals surface area (Å²) in [5.41, 5.74) is 4.09. The van der Waals surface area contributed by atoms with Crippen LogP contribution in [-0.4, -0.2) is 19.7 Å². The van der Waals surface area contributed by atoms with Gasteiger partial charge in [-0.2, -0.15) is 0 Å². The number of hydrogen-bond acceptors (Lipinski definition) is 3. The molecule has 144 valence electrons. The monoisotopic (exact) mass is 403 g/mol. The molecule has 4 aromatic rings. The second kappa shape index (κ2) is 7.01. The predicted molar refractivity (Wildman–Crippen MR) is 112 cm³/mol. The Morgan fingerprint density at radius 3 is 2.38 bits per heavy atom. The maximum Gasteiger partial charge on any atom is 0.262 e. The SMILES string of the molecule is O=C(c1ccc(Cl)cc1)c1ccc(Cn2ccn3c(=O)c4c(nc23)CCC4)cc1. The van der Waals surface area contributed by atoms with Crippen LogP contribution in [0.1, 0.15) is 39.2 Å². The molecule has 0 bridgehead atoms. The summed E-state index contributed by atoms with van der Waals surface area (Å²) in [5, 5.41) is 0.606. The Labute approximate surface area is 172 Å². The molecule has 0 atom stereocenters. The van der Waals surface area contributed by atoms with Crippen LogP contribution < -0.4 is 5.56 Å². The molecule has 0 radical (unpaired) electrons. The third kappa shape index (κ3) is 3.17. The van der Waals surface area contributed by atoms with Gasteiger partial charge in [0.2, 0.25) is 5.78 Å². The Morgan fingerprint density at radius 2 is 1.66 bits per heavy atom. The van der Waals surface area contributed by atoms with Crippen molar-refractivity contribution in [2.45, 2.75) is 25.8 Å². The molecule has 0 spiro atoms. The number of aromatic nitrogens is 3. The average Bonchev–Trinajstić information content (AvgIpc) is 3.37. The van der Waals surface area contributed by atoms with Crippen molar-refractivity contribution in [2.24, 2.45) is 0 Å². The molecule has 0 saturated carbocycles. The number of benzene rings is 2. The Morgan fingerprint density at radius 1 is 0.966 bits per heavy atom. The van der Waals surface area contributed by atoms with Crippen molar-refractivity contribution in [3.05, 3.63) is 104 Å². The van der Waals surface area contributed by atoms with E-state index in [1.165, 1.54) is 0 Å². The normalized spacial score (nSPS) is 13.0. The number of imidazole rings is 1. The molecule has 0 saturated heterocycles. The summed E-state index contributed by atoms with van der Waals surface area (Å²) in [5.74, 6) is 0.625. The number of rotatable bonds is 4. The lowest BCUT2D eigenvalue weighted by Crippen LogP contribution is -2.19. The molecule has 29 heavy (non-hydrogen) atoms. The van der Waals surface area contributed by atoms with E-state index in [1.54, 1.807) is 34.9 Å². The topological polar surface area (TPSA) is 56.4 Å². The molecule has 1 aliphatic rings. The van der Waals surface area contributed by atoms with Crippen LogP contribution >= 0.6 is 11.6 Å². The number of ketones is 1. The van der Waals surface area contributed by atoms with E-state index in [9.17, 15) is 9.59 Å². The molecule has 2 aromatic heterocycles. The third-order valence-corrected chi connectivity index (χ3v) is 5.70. The highest BCUT2D eigenvalue weighted by Crippen LogP contribution is 2.19. The number of fused-ring (bicyclic) bond motifs is 2. The Balaban J connectivity index is 1.42. The third-order valence-electron chi connectivity index (χ3n) is 5.44. The second-order valence-electron chi connectivity index (χ2n) is 7.32. The minimum Gasteiger partial charge on any atom is -0.312 e. The summed E-state index contributed by atoms with van der Waals surface area (Å²) in [6.07, 6.45) is 6.34. The highest BCUT2D eigenvalue weighted by atomic mass is 35.5. The van der Waals surface area contributed by atoms with Crippen molar-refractivity contribution in [1.82, 2.24) is 14.0 Å². The quantitative estimate of drug-likeness (QED) is 0.485. The fraction of sp³-hybridized carbons (Fsp3) is 0.174. The van der Waals surface area contributed by atoms with Gasteiger partial charge >= 0.3 is 0 Å². The van der Waals surface area contributed by atoms with Gasteiger partial charge in [-0.05, 0) is 49.1 Å². The van der Waals surface area contributed by atoms with Gasteiger partial charge in [-0.3, -0.25) is 14.0 Å². The molecule has 0 N–H and O–H groups in total. The molecule has 6 heteroatoms. The van der Waals surface area contributed by atoms with E-state index in [0.29, 0.717) is 28.5 Å². The maximum atomic E-state index is 12.6. The summed E-state index contributed by atoms with van der Waals surface area (Å²) in [7, 11) is 0. The van der Waals surface area contributed by atoms with Crippen LogP contribution in [0.5, 0.6) is 0 Å². The molecule has 0 aliphatic heterocycles. The number of aryl methyl sites for hydroxylation is 1. The van der Waals surface area contributed by atoms with Crippen LogP contribution in [0, 0.1) is 0 Å². The molecule has 2 aromatic carbocycles. The molecular weight excluding hydrogens is 386 g/mol. The summed E-state index contributed by atoms with van der Waals surface area (Å²) in [6, 6.07) is 14.4. The molecule has 2 heterocycles. The Kier molecular flexibility index (Phi) is 4.32. The first-order valence-corrected chi connectivity index (χ1v) is 9.96. The zero-order valence-corrected chi connectivity index (χ0v) is 16.4. The first kappa shape index (κ1) is 17.9. The van der Waals surface area contributed by atoms with E-state index in [-0.39, 0.29) is 11.3 Å². The van der Waals surface area contributed by atoms with Crippen LogP contribution in [0.4, 0.5) is 0 Å². The van der Waals surface area contributed by atoms with Crippen LogP contribution in [0.3, 0.4) is 0 Å². The fourth-order valence-corrected chi connectivity index (χ4v) is 4.02. The first-order chi connectivity index (χ1) is 14.1. The van der Waals surface area contributed by atoms with Crippen molar-refractivity contribution >= 4 is 23.2 Å². The molecule has 5 nitrogen and oxygen atoms in total. The average molecular weight is 404 g/mol. The van der Waals surface area contributed by atoms with Crippen molar-refractivity contribution in [3.8, 4) is 0 Å². The van der Waals surface area contributed by atoms with Crippen molar-refractivity contribution in [2.75, 3.05) is 0 Å². The lowest BCUT2D eigenvalue weighted by Gasteiger charge is -2.07. The van der Waals surface area contributed by atoms with Crippen LogP contribution in [-0.2, 0) is 19.4 Å². The van der Waals surface area contributed by atoms with E-state index in [1.807, 2.05) is 35.0 Å². The van der Waals surface area contributed by atoms with Gasteiger partial charge in [0, 0.05) is 34.1 Å². The molecule has 0 fully saturated rings. The number of nitrogens with zero attached hydrogens (tertiary/aromatic N) is 3. The van der Waals surface area contributed by atoms with E-state index in [0.717, 1.165) is 36.1 Å². The van der Waals surface area contributed by atoms with Gasteiger partial charge in [0.05, 0.1) is 12.2 Å². The standard InChI is InChI=1S/C23H18ClN3O2/c24-18-10-8-17(9-11-18)21(28)16-6-4-15(5-7-16)14-26-12-13-27-22(29)19-2-1-3-20(19)25-23(26)27/h4-13H,1-3,14H2. The number of carbonyl (C=O) groups excluding carboxylic acids is 1. The molecular formula is C23H18ClN3O2. The fourth-order valence-electron chi connectivity index (χ4n) is 3.89. The van der Waals surface area contributed by atoms with Gasteiger partial charge in [-0.25, -0.2) is 4.98 Å². The molecule has 5 rings (SSSR count). The van der Waals surface area contributed by atoms with Gasteiger partial charge in [-0.1, -0.05) is 35.9 Å². The van der Waals surface area contributed by atoms with Crippen LogP contribution in [0.2, 0.25) is 5.02 Å². The Hall–Kier alpha value is -3.18. The van der Waals surface area contributed by atoms with Gasteiger partial charge in [0.25, 0.3) is 5.56 Å². The van der Waals surface area contributed by atoms with Gasteiger partial charge in [-0.15, -0.1) is 0 Å². The Bertz CT molecular complexity index is 1280. The van der Waals surface area contributed by atoms with E-state index in [2.05, 4.69) is 0 Å². The number of carbonyl (C=O) groups is 1. The van der Waals surface area contributed by atoms with Crippen molar-refractivity contribution in [3.63, 3.8) is 0 Å². The largest absolute Gasteiger partial charge is 0.312 e. The summed E-state index contributed by atoms with van der Waals surface area (Å²) >= 11 is 5.89. The zero-order valence-electron chi connectivity index (χ0n) is 15.6. The molecule has 1 aliphatic carbocycles. The number of halogens is 1. The molecule has 0 amide bonds. The second-order valence-corrected chi connectivity index (χ2v) is 7.76. The highest BCUT2D eigenvalue weighted by molar-refractivity contribution is 6.30. The van der Waals surface area contributed by atoms with Crippen molar-refractivity contribution < 1.29 is 4.79 Å². The lowest BCUT2D eigenvalue weighted by molar-refractivity contribution is 0.103. The summed E-state index contributed by atoms with van der Waals surface area (Å²) < 4.78 is 3.60.